The molecule has 1 nitrogen and oxygen atoms in total. The average molecular weight is 427 g/mol. The van der Waals surface area contributed by atoms with Gasteiger partial charge in [-0.3, -0.25) is 0 Å². The third kappa shape index (κ3) is 12.1. The number of hydrogen-bond acceptors (Lipinski definition) is 1. The van der Waals surface area contributed by atoms with Crippen molar-refractivity contribution in [2.45, 2.75) is 19.4 Å². The minimum absolute atomic E-state index is 0. The van der Waals surface area contributed by atoms with Crippen molar-refractivity contribution in [3.63, 3.8) is 0 Å². The fraction of sp³-hybridized carbons (Fsp3) is 0.273. The molecule has 0 bridgehead atoms. The van der Waals surface area contributed by atoms with E-state index in [-0.39, 0.29) is 27.1 Å². The van der Waals surface area contributed by atoms with Gasteiger partial charge in [0, 0.05) is 38.2 Å². The summed E-state index contributed by atoms with van der Waals surface area (Å²) in [4.78, 5) is 0. The van der Waals surface area contributed by atoms with E-state index in [4.69, 9.17) is 28.9 Å². The summed E-state index contributed by atoms with van der Waals surface area (Å²) >= 11 is 9.75. The van der Waals surface area contributed by atoms with Crippen LogP contribution in [-0.4, -0.2) is 6.04 Å². The summed E-state index contributed by atoms with van der Waals surface area (Å²) in [6, 6.07) is 10.6. The summed E-state index contributed by atoms with van der Waals surface area (Å²) < 4.78 is 0. The molecule has 0 aliphatic heterocycles. The van der Waals surface area contributed by atoms with Crippen LogP contribution in [-0.2, 0) is 27.5 Å². The van der Waals surface area contributed by atoms with E-state index in [0.29, 0.717) is 0 Å². The second-order valence-electron chi connectivity index (χ2n) is 2.92. The van der Waals surface area contributed by atoms with Crippen molar-refractivity contribution in [3.8, 4) is 0 Å². The molecule has 1 unspecified atom stereocenters. The van der Waals surface area contributed by atoms with Crippen LogP contribution in [0.3, 0.4) is 0 Å². The van der Waals surface area contributed by atoms with Crippen LogP contribution in [0.2, 0.25) is 0 Å². The van der Waals surface area contributed by atoms with E-state index in [1.54, 1.807) is 0 Å². The van der Waals surface area contributed by atoms with Gasteiger partial charge < -0.3 is 5.73 Å². The van der Waals surface area contributed by atoms with Crippen LogP contribution in [0.1, 0.15) is 12.5 Å². The van der Waals surface area contributed by atoms with E-state index < -0.39 is 0 Å². The topological polar surface area (TPSA) is 26.0 Å². The summed E-state index contributed by atoms with van der Waals surface area (Å²) in [6.45, 7) is 2.02. The summed E-state index contributed by atoms with van der Waals surface area (Å²) in [5.41, 5.74) is 9.42. The molecule has 0 spiro atoms. The largest absolute Gasteiger partial charge is 0.328 e. The van der Waals surface area contributed by atoms with Crippen LogP contribution in [0.4, 0.5) is 0 Å². The van der Waals surface area contributed by atoms with Crippen molar-refractivity contribution in [1.82, 2.24) is 0 Å². The Morgan fingerprint density at radius 1 is 1.20 bits per heavy atom. The van der Waals surface area contributed by atoms with Crippen LogP contribution in [0.25, 0.3) is 0 Å². The Morgan fingerprint density at radius 2 is 1.67 bits per heavy atom. The molecule has 0 amide bonds. The van der Waals surface area contributed by atoms with Crippen LogP contribution in [0, 0.1) is 0 Å². The van der Waals surface area contributed by atoms with E-state index in [1.807, 2.05) is 25.1 Å². The van der Waals surface area contributed by atoms with Crippen molar-refractivity contribution in [3.05, 3.63) is 47.0 Å². The molecule has 0 saturated heterocycles. The Hall–Kier alpha value is 0.188. The zero-order valence-electron chi connectivity index (χ0n) is 8.48. The monoisotopic (exact) mass is 426 g/mol. The van der Waals surface area contributed by atoms with Gasteiger partial charge in [0.15, 0.2) is 0 Å². The van der Waals surface area contributed by atoms with Crippen molar-refractivity contribution in [1.29, 1.82) is 0 Å². The molecule has 4 heteroatoms. The average Bonchev–Trinajstić information content (AvgIpc) is 2.19. The third-order valence-electron chi connectivity index (χ3n) is 1.45. The molecule has 0 fully saturated rings. The standard InChI is InChI=1S/C9H13N.C2H2Cl2.Pt/c1-8(10)7-9-5-3-2-4-6-9;3-1-2-4;/h2-6,8H,7,10H2,1H3;1-2H;/b;2-1+;. The molecule has 0 aliphatic carbocycles. The summed E-state index contributed by atoms with van der Waals surface area (Å²) in [5, 5.41) is 0. The molecule has 0 radical (unpaired) electrons. The van der Waals surface area contributed by atoms with Crippen LogP contribution >= 0.6 is 23.2 Å². The maximum Gasteiger partial charge on any atom is 0.0156 e. The normalized spacial score (nSPS) is 11.2. The molecule has 88 valence electrons. The zero-order valence-corrected chi connectivity index (χ0v) is 12.3. The fourth-order valence-electron chi connectivity index (χ4n) is 0.986. The van der Waals surface area contributed by atoms with Gasteiger partial charge in [0.25, 0.3) is 0 Å². The van der Waals surface area contributed by atoms with E-state index >= 15 is 0 Å². The number of nitrogens with two attached hydrogens (primary N) is 1. The van der Waals surface area contributed by atoms with Crippen LogP contribution < -0.4 is 5.73 Å². The fourth-order valence-corrected chi connectivity index (χ4v) is 0.986. The van der Waals surface area contributed by atoms with Crippen molar-refractivity contribution >= 4 is 23.2 Å². The molecule has 0 aromatic heterocycles. The molecule has 15 heavy (non-hydrogen) atoms. The van der Waals surface area contributed by atoms with Gasteiger partial charge in [-0.25, -0.2) is 0 Å². The molecule has 1 rings (SSSR count). The molecule has 2 N–H and O–H groups in total. The van der Waals surface area contributed by atoms with Gasteiger partial charge >= 0.3 is 0 Å². The number of rotatable bonds is 2. The molecular formula is C11H15Cl2NPt. The zero-order chi connectivity index (χ0) is 10.8. The van der Waals surface area contributed by atoms with E-state index in [1.165, 1.54) is 16.6 Å². The first-order valence-corrected chi connectivity index (χ1v) is 5.23. The molecule has 1 aromatic rings. The molecule has 0 aliphatic rings. The number of benzene rings is 1. The molecule has 1 atom stereocenters. The number of hydrogen-bond donors (Lipinski definition) is 1. The van der Waals surface area contributed by atoms with Crippen LogP contribution in [0.15, 0.2) is 41.4 Å². The maximum atomic E-state index is 5.62. The summed E-state index contributed by atoms with van der Waals surface area (Å²) in [6.07, 6.45) is 0.973. The minimum atomic E-state index is 0. The van der Waals surface area contributed by atoms with Gasteiger partial charge in [-0.1, -0.05) is 53.5 Å². The second-order valence-corrected chi connectivity index (χ2v) is 3.42. The minimum Gasteiger partial charge on any atom is -0.328 e. The predicted octanol–water partition coefficient (Wildman–Crippen LogP) is 3.51. The van der Waals surface area contributed by atoms with Gasteiger partial charge in [0.2, 0.25) is 0 Å². The summed E-state index contributed by atoms with van der Waals surface area (Å²) in [7, 11) is 0. The first-order valence-electron chi connectivity index (χ1n) is 4.35. The smallest absolute Gasteiger partial charge is 0.0156 e. The Kier molecular flexibility index (Phi) is 14.4. The molecular weight excluding hydrogens is 412 g/mol. The Morgan fingerprint density at radius 3 is 2.00 bits per heavy atom. The van der Waals surface area contributed by atoms with E-state index in [0.717, 1.165) is 6.42 Å². The van der Waals surface area contributed by atoms with Gasteiger partial charge in [0.1, 0.15) is 0 Å². The second kappa shape index (κ2) is 12.3. The Balaban J connectivity index is 0. The maximum absolute atomic E-state index is 5.62. The first kappa shape index (κ1) is 17.6. The van der Waals surface area contributed by atoms with E-state index in [2.05, 4.69) is 12.1 Å². The van der Waals surface area contributed by atoms with Gasteiger partial charge in [-0.15, -0.1) is 0 Å². The van der Waals surface area contributed by atoms with Crippen molar-refractivity contribution in [2.24, 2.45) is 5.73 Å². The Bertz CT molecular complexity index is 246. The quantitative estimate of drug-likeness (QED) is 0.769. The SMILES string of the molecule is CC(N)Cc1ccccc1.Cl/C=C/Cl.[Pt]. The summed E-state index contributed by atoms with van der Waals surface area (Å²) in [5.74, 6) is 0. The van der Waals surface area contributed by atoms with Crippen molar-refractivity contribution < 1.29 is 21.1 Å². The Labute approximate surface area is 116 Å². The van der Waals surface area contributed by atoms with Gasteiger partial charge in [0.05, 0.1) is 0 Å². The first-order chi connectivity index (χ1) is 6.70. The molecule has 0 saturated carbocycles. The van der Waals surface area contributed by atoms with Gasteiger partial charge in [-0.2, -0.15) is 0 Å². The van der Waals surface area contributed by atoms with Crippen molar-refractivity contribution in [2.75, 3.05) is 0 Å². The third-order valence-corrected chi connectivity index (χ3v) is 1.83. The van der Waals surface area contributed by atoms with E-state index in [9.17, 15) is 0 Å². The predicted molar refractivity (Wildman–Crippen MR) is 64.6 cm³/mol. The number of halogens is 2. The van der Waals surface area contributed by atoms with Crippen LogP contribution in [0.5, 0.6) is 0 Å². The molecule has 1 aromatic carbocycles. The molecule has 0 heterocycles. The van der Waals surface area contributed by atoms with Gasteiger partial charge in [-0.05, 0) is 18.9 Å².